The third kappa shape index (κ3) is 2.99. The molecule has 2 rings (SSSR count). The lowest BCUT2D eigenvalue weighted by atomic mass is 10.1. The van der Waals surface area contributed by atoms with E-state index in [1.807, 2.05) is 18.2 Å². The van der Waals surface area contributed by atoms with Gasteiger partial charge in [0.05, 0.1) is 21.4 Å². The van der Waals surface area contributed by atoms with Gasteiger partial charge in [0.25, 0.3) is 0 Å². The molecule has 1 unspecified atom stereocenters. The summed E-state index contributed by atoms with van der Waals surface area (Å²) in [7, 11) is -1.09. The number of anilines is 1. The normalized spacial score (nSPS) is 12.3. The number of benzene rings is 2. The maximum absolute atomic E-state index is 12.3. The second-order valence-electron chi connectivity index (χ2n) is 4.52. The van der Waals surface area contributed by atoms with Gasteiger partial charge in [0, 0.05) is 5.69 Å². The molecule has 0 aliphatic carbocycles. The van der Waals surface area contributed by atoms with E-state index in [0.717, 1.165) is 10.5 Å². The molecule has 0 aliphatic rings. The molecule has 2 aromatic rings. The number of hydrogen-bond acceptors (Lipinski definition) is 2. The van der Waals surface area contributed by atoms with Crippen molar-refractivity contribution >= 4 is 16.5 Å². The van der Waals surface area contributed by atoms with Gasteiger partial charge in [0.1, 0.15) is 0 Å². The summed E-state index contributed by atoms with van der Waals surface area (Å²) in [4.78, 5) is 0.719. The van der Waals surface area contributed by atoms with Crippen LogP contribution in [0.1, 0.15) is 16.7 Å². The van der Waals surface area contributed by atoms with Crippen molar-refractivity contribution in [1.29, 1.82) is 0 Å². The zero-order valence-corrected chi connectivity index (χ0v) is 11.5. The van der Waals surface area contributed by atoms with Crippen LogP contribution < -0.4 is 5.73 Å². The summed E-state index contributed by atoms with van der Waals surface area (Å²) in [5, 5.41) is 0. The van der Waals surface area contributed by atoms with Crippen molar-refractivity contribution in [3.05, 3.63) is 59.2 Å². The molecular formula is C15H17NOS. The van der Waals surface area contributed by atoms with E-state index >= 15 is 0 Å². The molecular weight excluding hydrogens is 242 g/mol. The third-order valence-electron chi connectivity index (χ3n) is 2.74. The van der Waals surface area contributed by atoms with Crippen molar-refractivity contribution < 1.29 is 4.21 Å². The largest absolute Gasteiger partial charge is 0.398 e. The molecule has 0 aromatic heterocycles. The van der Waals surface area contributed by atoms with Crippen molar-refractivity contribution in [1.82, 2.24) is 0 Å². The SMILES string of the molecule is Cc1cc(C)cc(CS(=O)c2ccccc2N)c1. The van der Waals surface area contributed by atoms with Gasteiger partial charge in [0.15, 0.2) is 0 Å². The zero-order valence-electron chi connectivity index (χ0n) is 10.6. The minimum atomic E-state index is -1.09. The van der Waals surface area contributed by atoms with Crippen molar-refractivity contribution in [3.8, 4) is 0 Å². The third-order valence-corrected chi connectivity index (χ3v) is 4.20. The summed E-state index contributed by atoms with van der Waals surface area (Å²) in [5.41, 5.74) is 9.93. The second kappa shape index (κ2) is 5.36. The summed E-state index contributed by atoms with van der Waals surface area (Å²) in [5.74, 6) is 0.511. The van der Waals surface area contributed by atoms with Crippen molar-refractivity contribution in [3.63, 3.8) is 0 Å². The molecule has 0 saturated carbocycles. The molecule has 94 valence electrons. The monoisotopic (exact) mass is 259 g/mol. The lowest BCUT2D eigenvalue weighted by molar-refractivity contribution is 0.683. The van der Waals surface area contributed by atoms with E-state index in [0.29, 0.717) is 11.4 Å². The molecule has 0 radical (unpaired) electrons. The van der Waals surface area contributed by atoms with Crippen LogP contribution in [0.25, 0.3) is 0 Å². The predicted molar refractivity (Wildman–Crippen MR) is 76.9 cm³/mol. The van der Waals surface area contributed by atoms with E-state index in [1.54, 1.807) is 6.07 Å². The Morgan fingerprint density at radius 3 is 2.28 bits per heavy atom. The van der Waals surface area contributed by atoms with Crippen LogP contribution in [0.2, 0.25) is 0 Å². The Kier molecular flexibility index (Phi) is 3.82. The number of para-hydroxylation sites is 1. The Morgan fingerprint density at radius 1 is 1.06 bits per heavy atom. The van der Waals surface area contributed by atoms with Gasteiger partial charge >= 0.3 is 0 Å². The van der Waals surface area contributed by atoms with Crippen LogP contribution in [0.15, 0.2) is 47.4 Å². The molecule has 0 bridgehead atoms. The average molecular weight is 259 g/mol. The Hall–Kier alpha value is -1.61. The first kappa shape index (κ1) is 12.8. The summed E-state index contributed by atoms with van der Waals surface area (Å²) in [6.07, 6.45) is 0. The molecule has 2 nitrogen and oxygen atoms in total. The predicted octanol–water partition coefficient (Wildman–Crippen LogP) is 3.19. The fraction of sp³-hybridized carbons (Fsp3) is 0.200. The van der Waals surface area contributed by atoms with Crippen LogP contribution >= 0.6 is 0 Å². The Bertz CT molecular complexity index is 573. The molecule has 0 heterocycles. The molecule has 0 saturated heterocycles. The average Bonchev–Trinajstić information content (AvgIpc) is 2.27. The number of nitrogens with two attached hydrogens (primary N) is 1. The maximum Gasteiger partial charge on any atom is 0.0620 e. The highest BCUT2D eigenvalue weighted by Gasteiger charge is 2.08. The molecule has 2 aromatic carbocycles. The standard InChI is InChI=1S/C15H17NOS/c1-11-7-12(2)9-13(8-11)10-18(17)15-6-4-3-5-14(15)16/h3-9H,10,16H2,1-2H3. The Labute approximate surface area is 110 Å². The smallest absolute Gasteiger partial charge is 0.0620 e. The van der Waals surface area contributed by atoms with Crippen LogP contribution in [0.3, 0.4) is 0 Å². The van der Waals surface area contributed by atoms with Crippen LogP contribution in [-0.2, 0) is 16.6 Å². The molecule has 1 atom stereocenters. The van der Waals surface area contributed by atoms with Gasteiger partial charge in [-0.05, 0) is 31.5 Å². The highest BCUT2D eigenvalue weighted by atomic mass is 32.2. The molecule has 0 amide bonds. The minimum absolute atomic E-state index is 0.511. The lowest BCUT2D eigenvalue weighted by Crippen LogP contribution is -2.01. The van der Waals surface area contributed by atoms with Gasteiger partial charge in [-0.25, -0.2) is 0 Å². The number of rotatable bonds is 3. The molecule has 18 heavy (non-hydrogen) atoms. The quantitative estimate of drug-likeness (QED) is 0.860. The van der Waals surface area contributed by atoms with E-state index in [-0.39, 0.29) is 0 Å². The molecule has 0 fully saturated rings. The first-order valence-corrected chi connectivity index (χ1v) is 7.18. The highest BCUT2D eigenvalue weighted by Crippen LogP contribution is 2.19. The summed E-state index contributed by atoms with van der Waals surface area (Å²) in [6, 6.07) is 13.6. The summed E-state index contributed by atoms with van der Waals surface area (Å²) < 4.78 is 12.3. The fourth-order valence-electron chi connectivity index (χ4n) is 2.07. The summed E-state index contributed by atoms with van der Waals surface area (Å²) >= 11 is 0. The van der Waals surface area contributed by atoms with Crippen LogP contribution in [0, 0.1) is 13.8 Å². The maximum atomic E-state index is 12.3. The first-order valence-electron chi connectivity index (χ1n) is 5.86. The van der Waals surface area contributed by atoms with E-state index in [2.05, 4.69) is 32.0 Å². The van der Waals surface area contributed by atoms with Crippen LogP contribution in [0.4, 0.5) is 5.69 Å². The van der Waals surface area contributed by atoms with Gasteiger partial charge in [-0.1, -0.05) is 41.5 Å². The van der Waals surface area contributed by atoms with Crippen molar-refractivity contribution in [2.75, 3.05) is 5.73 Å². The number of aryl methyl sites for hydroxylation is 2. The Balaban J connectivity index is 2.24. The molecule has 0 aliphatic heterocycles. The fourth-order valence-corrected chi connectivity index (χ4v) is 3.26. The van der Waals surface area contributed by atoms with Crippen LogP contribution in [0.5, 0.6) is 0 Å². The van der Waals surface area contributed by atoms with Gasteiger partial charge in [-0.15, -0.1) is 0 Å². The molecule has 2 N–H and O–H groups in total. The van der Waals surface area contributed by atoms with Crippen molar-refractivity contribution in [2.24, 2.45) is 0 Å². The van der Waals surface area contributed by atoms with Gasteiger partial charge in [-0.2, -0.15) is 0 Å². The number of hydrogen-bond donors (Lipinski definition) is 1. The molecule has 3 heteroatoms. The Morgan fingerprint density at radius 2 is 1.67 bits per heavy atom. The summed E-state index contributed by atoms with van der Waals surface area (Å²) in [6.45, 7) is 4.10. The minimum Gasteiger partial charge on any atom is -0.398 e. The topological polar surface area (TPSA) is 43.1 Å². The second-order valence-corrected chi connectivity index (χ2v) is 5.94. The molecule has 0 spiro atoms. The van der Waals surface area contributed by atoms with E-state index in [1.165, 1.54) is 11.1 Å². The van der Waals surface area contributed by atoms with Gasteiger partial charge in [0.2, 0.25) is 0 Å². The highest BCUT2D eigenvalue weighted by molar-refractivity contribution is 7.84. The first-order chi connectivity index (χ1) is 8.56. The zero-order chi connectivity index (χ0) is 13.1. The van der Waals surface area contributed by atoms with E-state index in [9.17, 15) is 4.21 Å². The van der Waals surface area contributed by atoms with Crippen LogP contribution in [-0.4, -0.2) is 4.21 Å². The van der Waals surface area contributed by atoms with Gasteiger partial charge in [-0.3, -0.25) is 4.21 Å². The lowest BCUT2D eigenvalue weighted by Gasteiger charge is -2.07. The van der Waals surface area contributed by atoms with Crippen molar-refractivity contribution in [2.45, 2.75) is 24.5 Å². The van der Waals surface area contributed by atoms with E-state index in [4.69, 9.17) is 5.73 Å². The van der Waals surface area contributed by atoms with E-state index < -0.39 is 10.8 Å². The van der Waals surface area contributed by atoms with Gasteiger partial charge < -0.3 is 5.73 Å². The number of nitrogen functional groups attached to an aromatic ring is 1.